The number of benzene rings is 3. The minimum atomic E-state index is -0.339. The lowest BCUT2D eigenvalue weighted by Gasteiger charge is -2.08. The first-order valence-electron chi connectivity index (χ1n) is 8.98. The molecule has 0 saturated carbocycles. The zero-order valence-corrected chi connectivity index (χ0v) is 15.6. The van der Waals surface area contributed by atoms with Crippen LogP contribution in [-0.4, -0.2) is 18.9 Å². The molecule has 3 aromatic carbocycles. The van der Waals surface area contributed by atoms with Gasteiger partial charge in [0.15, 0.2) is 5.76 Å². The van der Waals surface area contributed by atoms with E-state index in [1.54, 1.807) is 61.7 Å². The summed E-state index contributed by atoms with van der Waals surface area (Å²) in [4.78, 5) is 24.8. The molecule has 0 fully saturated rings. The van der Waals surface area contributed by atoms with Gasteiger partial charge in [0.25, 0.3) is 11.8 Å². The van der Waals surface area contributed by atoms with E-state index in [0.29, 0.717) is 28.3 Å². The molecule has 1 heterocycles. The van der Waals surface area contributed by atoms with E-state index in [0.717, 1.165) is 5.39 Å². The normalized spacial score (nSPS) is 10.5. The van der Waals surface area contributed by atoms with E-state index >= 15 is 0 Å². The van der Waals surface area contributed by atoms with Crippen LogP contribution in [0.25, 0.3) is 11.0 Å². The van der Waals surface area contributed by atoms with Crippen LogP contribution in [0.1, 0.15) is 20.9 Å². The highest BCUT2D eigenvalue weighted by molar-refractivity contribution is 6.06. The van der Waals surface area contributed by atoms with Gasteiger partial charge in [0.1, 0.15) is 11.3 Å². The Labute approximate surface area is 167 Å². The molecule has 29 heavy (non-hydrogen) atoms. The number of carbonyl (C=O) groups is 2. The molecule has 0 bridgehead atoms. The van der Waals surface area contributed by atoms with E-state index in [2.05, 4.69) is 10.6 Å². The molecular weight excluding hydrogens is 368 g/mol. The zero-order valence-electron chi connectivity index (χ0n) is 15.6. The molecule has 0 aliphatic carbocycles. The van der Waals surface area contributed by atoms with Crippen LogP contribution in [0.5, 0.6) is 5.75 Å². The van der Waals surface area contributed by atoms with Crippen LogP contribution in [0.15, 0.2) is 83.3 Å². The molecule has 0 saturated heterocycles. The van der Waals surface area contributed by atoms with E-state index in [1.807, 2.05) is 24.3 Å². The summed E-state index contributed by atoms with van der Waals surface area (Å²) in [5.41, 5.74) is 2.36. The molecule has 0 atom stereocenters. The van der Waals surface area contributed by atoms with Crippen molar-refractivity contribution in [1.82, 2.24) is 0 Å². The van der Waals surface area contributed by atoms with Gasteiger partial charge in [-0.2, -0.15) is 0 Å². The van der Waals surface area contributed by atoms with Crippen LogP contribution >= 0.6 is 0 Å². The van der Waals surface area contributed by atoms with Gasteiger partial charge in [0, 0.05) is 22.3 Å². The van der Waals surface area contributed by atoms with Crippen LogP contribution in [0.3, 0.4) is 0 Å². The number of anilines is 2. The van der Waals surface area contributed by atoms with Crippen molar-refractivity contribution < 1.29 is 18.7 Å². The zero-order chi connectivity index (χ0) is 20.2. The van der Waals surface area contributed by atoms with Crippen molar-refractivity contribution in [2.45, 2.75) is 0 Å². The average molecular weight is 386 g/mol. The molecule has 144 valence electrons. The molecular formula is C23H18N2O4. The van der Waals surface area contributed by atoms with Gasteiger partial charge < -0.3 is 19.8 Å². The van der Waals surface area contributed by atoms with Crippen molar-refractivity contribution >= 4 is 34.2 Å². The van der Waals surface area contributed by atoms with Crippen molar-refractivity contribution in [3.63, 3.8) is 0 Å². The lowest BCUT2D eigenvalue weighted by atomic mass is 10.2. The smallest absolute Gasteiger partial charge is 0.291 e. The third-order valence-electron chi connectivity index (χ3n) is 4.38. The number of hydrogen-bond donors (Lipinski definition) is 2. The number of carbonyl (C=O) groups excluding carboxylic acids is 2. The third-order valence-corrected chi connectivity index (χ3v) is 4.38. The quantitative estimate of drug-likeness (QED) is 0.509. The van der Waals surface area contributed by atoms with Crippen LogP contribution in [-0.2, 0) is 0 Å². The molecule has 0 aliphatic rings. The van der Waals surface area contributed by atoms with Crippen LogP contribution in [0.4, 0.5) is 11.4 Å². The van der Waals surface area contributed by atoms with Gasteiger partial charge in [-0.05, 0) is 54.6 Å². The van der Waals surface area contributed by atoms with E-state index in [1.165, 1.54) is 0 Å². The maximum absolute atomic E-state index is 12.4. The van der Waals surface area contributed by atoms with Gasteiger partial charge in [-0.25, -0.2) is 0 Å². The summed E-state index contributed by atoms with van der Waals surface area (Å²) in [5, 5.41) is 6.47. The Morgan fingerprint density at radius 3 is 2.17 bits per heavy atom. The van der Waals surface area contributed by atoms with Crippen LogP contribution in [0.2, 0.25) is 0 Å². The van der Waals surface area contributed by atoms with Crippen LogP contribution in [0, 0.1) is 0 Å². The average Bonchev–Trinajstić information content (AvgIpc) is 3.19. The molecule has 0 spiro atoms. The third kappa shape index (κ3) is 4.11. The van der Waals surface area contributed by atoms with Crippen molar-refractivity contribution in [2.24, 2.45) is 0 Å². The van der Waals surface area contributed by atoms with Gasteiger partial charge in [0.2, 0.25) is 0 Å². The molecule has 2 N–H and O–H groups in total. The SMILES string of the molecule is COc1cccc(C(=O)Nc2ccc(NC(=O)c3cc4ccccc4o3)cc2)c1. The molecule has 1 aromatic heterocycles. The number of fused-ring (bicyclic) bond motifs is 1. The number of furan rings is 1. The van der Waals surface area contributed by atoms with Crippen molar-refractivity contribution in [1.29, 1.82) is 0 Å². The summed E-state index contributed by atoms with van der Waals surface area (Å²) in [6, 6.07) is 22.9. The molecule has 0 radical (unpaired) electrons. The summed E-state index contributed by atoms with van der Waals surface area (Å²) in [5.74, 6) is 0.264. The fourth-order valence-electron chi connectivity index (χ4n) is 2.89. The predicted octanol–water partition coefficient (Wildman–Crippen LogP) is 4.95. The van der Waals surface area contributed by atoms with Crippen molar-refractivity contribution in [3.8, 4) is 5.75 Å². The highest BCUT2D eigenvalue weighted by atomic mass is 16.5. The Kier molecular flexibility index (Phi) is 4.99. The summed E-state index contributed by atoms with van der Waals surface area (Å²) in [7, 11) is 1.55. The first-order valence-corrected chi connectivity index (χ1v) is 8.98. The number of methoxy groups -OCH3 is 1. The number of nitrogens with one attached hydrogen (secondary N) is 2. The molecule has 0 unspecified atom stereocenters. The molecule has 6 heteroatoms. The highest BCUT2D eigenvalue weighted by Crippen LogP contribution is 2.21. The Balaban J connectivity index is 1.42. The lowest BCUT2D eigenvalue weighted by Crippen LogP contribution is -2.13. The predicted molar refractivity (Wildman–Crippen MR) is 112 cm³/mol. The fraction of sp³-hybridized carbons (Fsp3) is 0.0435. The number of hydrogen-bond acceptors (Lipinski definition) is 4. The molecule has 4 aromatic rings. The van der Waals surface area contributed by atoms with Crippen LogP contribution < -0.4 is 15.4 Å². The molecule has 6 nitrogen and oxygen atoms in total. The van der Waals surface area contributed by atoms with Crippen molar-refractivity contribution in [3.05, 3.63) is 90.2 Å². The molecule has 0 aliphatic heterocycles. The number of para-hydroxylation sites is 1. The first kappa shape index (κ1) is 18.3. The Hall–Kier alpha value is -4.06. The monoisotopic (exact) mass is 386 g/mol. The maximum atomic E-state index is 12.4. The Bertz CT molecular complexity index is 1150. The number of ether oxygens (including phenoxy) is 1. The summed E-state index contributed by atoms with van der Waals surface area (Å²) in [6.07, 6.45) is 0. The highest BCUT2D eigenvalue weighted by Gasteiger charge is 2.12. The summed E-state index contributed by atoms with van der Waals surface area (Å²) in [6.45, 7) is 0. The minimum Gasteiger partial charge on any atom is -0.497 e. The second kappa shape index (κ2) is 7.90. The Morgan fingerprint density at radius 2 is 1.48 bits per heavy atom. The van der Waals surface area contributed by atoms with Gasteiger partial charge in [-0.1, -0.05) is 24.3 Å². The van der Waals surface area contributed by atoms with E-state index in [4.69, 9.17) is 9.15 Å². The van der Waals surface area contributed by atoms with E-state index in [-0.39, 0.29) is 17.6 Å². The van der Waals surface area contributed by atoms with Gasteiger partial charge in [-0.15, -0.1) is 0 Å². The summed E-state index contributed by atoms with van der Waals surface area (Å²) >= 11 is 0. The van der Waals surface area contributed by atoms with E-state index in [9.17, 15) is 9.59 Å². The second-order valence-corrected chi connectivity index (χ2v) is 6.37. The molecule has 2 amide bonds. The van der Waals surface area contributed by atoms with Gasteiger partial charge in [0.05, 0.1) is 7.11 Å². The largest absolute Gasteiger partial charge is 0.497 e. The second-order valence-electron chi connectivity index (χ2n) is 6.37. The topological polar surface area (TPSA) is 80.6 Å². The first-order chi connectivity index (χ1) is 14.1. The maximum Gasteiger partial charge on any atom is 0.291 e. The fourth-order valence-corrected chi connectivity index (χ4v) is 2.89. The van der Waals surface area contributed by atoms with Gasteiger partial charge in [-0.3, -0.25) is 9.59 Å². The molecule has 4 rings (SSSR count). The summed E-state index contributed by atoms with van der Waals surface area (Å²) < 4.78 is 10.7. The standard InChI is InChI=1S/C23H18N2O4/c1-28-19-7-4-6-16(13-19)22(26)24-17-9-11-18(12-10-17)25-23(27)21-14-15-5-2-3-8-20(15)29-21/h2-14H,1H3,(H,24,26)(H,25,27). The van der Waals surface area contributed by atoms with Crippen molar-refractivity contribution in [2.75, 3.05) is 17.7 Å². The number of amides is 2. The Morgan fingerprint density at radius 1 is 0.793 bits per heavy atom. The lowest BCUT2D eigenvalue weighted by molar-refractivity contribution is 0.0996. The number of rotatable bonds is 5. The van der Waals surface area contributed by atoms with Gasteiger partial charge >= 0.3 is 0 Å². The van der Waals surface area contributed by atoms with E-state index < -0.39 is 0 Å². The minimum absolute atomic E-state index is 0.238.